The molecular weight excluding hydrogens is 972 g/mol. The number of carbonyl (C=O) groups excluding carboxylic acids is 2. The van der Waals surface area contributed by atoms with Crippen LogP contribution in [-0.4, -0.2) is 201 Å². The van der Waals surface area contributed by atoms with Gasteiger partial charge in [-0.2, -0.15) is 0 Å². The number of aliphatic hydroxyl groups is 10. The van der Waals surface area contributed by atoms with E-state index in [4.69, 9.17) is 47.4 Å². The Hall–Kier alpha value is -6.70. The van der Waals surface area contributed by atoms with Gasteiger partial charge < -0.3 is 114 Å². The van der Waals surface area contributed by atoms with Crippen LogP contribution < -0.4 is 19.6 Å². The van der Waals surface area contributed by atoms with Crippen molar-refractivity contribution in [2.45, 2.75) is 98.5 Å². The Morgan fingerprint density at radius 1 is 0.597 bits per heavy atom. The van der Waals surface area contributed by atoms with E-state index in [1.807, 2.05) is 0 Å². The van der Waals surface area contributed by atoms with Gasteiger partial charge in [-0.3, -0.25) is 14.4 Å². The maximum Gasteiger partial charge on any atom is 0.330 e. The fourth-order valence-corrected chi connectivity index (χ4v) is 7.51. The molecule has 27 nitrogen and oxygen atoms in total. The second-order valence-electron chi connectivity index (χ2n) is 16.5. The molecule has 4 heterocycles. The van der Waals surface area contributed by atoms with Crippen molar-refractivity contribution in [3.05, 3.63) is 76.5 Å². The van der Waals surface area contributed by atoms with Crippen LogP contribution >= 0.6 is 0 Å². The number of benzene rings is 3. The monoisotopic (exact) mass is 1020 g/mol. The summed E-state index contributed by atoms with van der Waals surface area (Å²) in [6.45, 7) is -2.56. The van der Waals surface area contributed by atoms with Gasteiger partial charge in [0.1, 0.15) is 110 Å². The number of aliphatic carboxylic acids is 1. The molecular formula is C45H48O27. The molecule has 0 saturated carbocycles. The van der Waals surface area contributed by atoms with Gasteiger partial charge in [0.2, 0.25) is 24.6 Å². The predicted molar refractivity (Wildman–Crippen MR) is 231 cm³/mol. The van der Waals surface area contributed by atoms with E-state index in [0.29, 0.717) is 5.56 Å². The minimum Gasteiger partial charge on any atom is -0.508 e. The molecule has 0 spiro atoms. The molecule has 0 radical (unpaired) electrons. The van der Waals surface area contributed by atoms with Crippen LogP contribution in [0.15, 0.2) is 69.9 Å². The maximum atomic E-state index is 12.6. The predicted octanol–water partition coefficient (Wildman–Crippen LogP) is -3.65. The number of aromatic hydroxyl groups is 3. The molecule has 27 heteroatoms. The van der Waals surface area contributed by atoms with Gasteiger partial charge in [-0.05, 0) is 42.0 Å². The lowest BCUT2D eigenvalue weighted by Gasteiger charge is -2.40. The highest BCUT2D eigenvalue weighted by Gasteiger charge is 2.49. The maximum absolute atomic E-state index is 12.6. The van der Waals surface area contributed by atoms with Crippen LogP contribution in [0.2, 0.25) is 0 Å². The third-order valence-electron chi connectivity index (χ3n) is 11.4. The van der Waals surface area contributed by atoms with Crippen molar-refractivity contribution in [2.75, 3.05) is 19.8 Å². The van der Waals surface area contributed by atoms with Gasteiger partial charge in [-0.1, -0.05) is 12.1 Å². The lowest BCUT2D eigenvalue weighted by atomic mass is 9.99. The zero-order valence-corrected chi connectivity index (χ0v) is 36.9. The zero-order valence-electron chi connectivity index (χ0n) is 36.9. The number of aliphatic hydroxyl groups excluding tert-OH is 10. The smallest absolute Gasteiger partial charge is 0.330 e. The number of hydrogen-bond acceptors (Lipinski definition) is 26. The highest BCUT2D eigenvalue weighted by molar-refractivity contribution is 5.90. The Bertz CT molecular complexity index is 2620. The van der Waals surface area contributed by atoms with E-state index in [0.717, 1.165) is 36.4 Å². The van der Waals surface area contributed by atoms with Crippen LogP contribution in [-0.2, 0) is 38.1 Å². The molecule has 15 atom stereocenters. The summed E-state index contributed by atoms with van der Waals surface area (Å²) < 4.78 is 50.4. The van der Waals surface area contributed by atoms with E-state index in [1.54, 1.807) is 0 Å². The van der Waals surface area contributed by atoms with Crippen molar-refractivity contribution in [3.63, 3.8) is 0 Å². The van der Waals surface area contributed by atoms with Crippen molar-refractivity contribution >= 4 is 24.0 Å². The molecule has 4 aliphatic heterocycles. The van der Waals surface area contributed by atoms with Crippen molar-refractivity contribution in [1.29, 1.82) is 0 Å². The number of carbonyl (C=O) groups is 3. The molecule has 7 rings (SSSR count). The van der Waals surface area contributed by atoms with E-state index in [1.165, 1.54) is 30.3 Å². The van der Waals surface area contributed by atoms with Crippen LogP contribution in [0.5, 0.6) is 34.5 Å². The third-order valence-corrected chi connectivity index (χ3v) is 11.4. The highest BCUT2D eigenvalue weighted by atomic mass is 16.7. The Balaban J connectivity index is 1.27. The molecule has 3 saturated heterocycles. The number of esters is 2. The first-order chi connectivity index (χ1) is 34.1. The summed E-state index contributed by atoms with van der Waals surface area (Å²) in [5.41, 5.74) is -0.906. The molecule has 2 aromatic rings. The van der Waals surface area contributed by atoms with E-state index in [9.17, 15) is 85.6 Å². The number of phenols is 3. The average Bonchev–Trinajstić information content (AvgIpc) is 3.34. The average molecular weight is 1020 g/mol. The van der Waals surface area contributed by atoms with Crippen LogP contribution in [0.3, 0.4) is 0 Å². The van der Waals surface area contributed by atoms with Gasteiger partial charge in [0, 0.05) is 23.8 Å². The van der Waals surface area contributed by atoms with Crippen LogP contribution in [0.25, 0.3) is 28.7 Å². The molecule has 0 amide bonds. The van der Waals surface area contributed by atoms with Crippen LogP contribution in [0, 0.1) is 0 Å². The van der Waals surface area contributed by atoms with E-state index in [-0.39, 0.29) is 22.6 Å². The van der Waals surface area contributed by atoms with Crippen molar-refractivity contribution < 1.29 is 128 Å². The first-order valence-electron chi connectivity index (χ1n) is 21.5. The summed E-state index contributed by atoms with van der Waals surface area (Å²) in [7, 11) is 0. The summed E-state index contributed by atoms with van der Waals surface area (Å²) in [5.74, 6) is -8.59. The van der Waals surface area contributed by atoms with Crippen LogP contribution in [0.4, 0.5) is 0 Å². The van der Waals surface area contributed by atoms with Gasteiger partial charge in [-0.25, -0.2) is 4.79 Å². The second kappa shape index (κ2) is 22.4. The van der Waals surface area contributed by atoms with Gasteiger partial charge in [0.25, 0.3) is 0 Å². The lowest BCUT2D eigenvalue weighted by molar-refractivity contribution is -0.279. The number of hydrogen-bond donors (Lipinski definition) is 14. The minimum absolute atomic E-state index is 0.0271. The van der Waals surface area contributed by atoms with Gasteiger partial charge >= 0.3 is 17.9 Å². The largest absolute Gasteiger partial charge is 0.508 e. The Morgan fingerprint density at radius 2 is 1.10 bits per heavy atom. The molecule has 0 unspecified atom stereocenters. The van der Waals surface area contributed by atoms with Crippen LogP contribution in [0.1, 0.15) is 12.0 Å². The van der Waals surface area contributed by atoms with Crippen molar-refractivity contribution in [1.82, 2.24) is 0 Å². The van der Waals surface area contributed by atoms with E-state index >= 15 is 0 Å². The minimum atomic E-state index is -2.15. The molecule has 1 aliphatic carbocycles. The fraction of sp³-hybridized carbons (Fsp3) is 0.422. The van der Waals surface area contributed by atoms with Gasteiger partial charge in [0.05, 0.1) is 12.2 Å². The summed E-state index contributed by atoms with van der Waals surface area (Å²) >= 11 is 0. The summed E-state index contributed by atoms with van der Waals surface area (Å²) in [5, 5.41) is 148. The Labute approximate surface area is 403 Å². The Kier molecular flexibility index (Phi) is 16.5. The molecule has 390 valence electrons. The molecule has 0 bridgehead atoms. The first-order valence-corrected chi connectivity index (χ1v) is 21.5. The number of rotatable bonds is 16. The lowest BCUT2D eigenvalue weighted by Crippen LogP contribution is -2.60. The number of carboxylic acids is 1. The molecule has 14 N–H and O–H groups in total. The van der Waals surface area contributed by atoms with E-state index in [2.05, 4.69) is 0 Å². The standard InChI is InChI=1S/C45H48O27/c46-13-26-33(55)36(58)39(61)43(70-26)67-23-7-17(8-24(32(23)54)68-44-40(62)37(59)34(56)27(71-44)14-64-30(52)6-3-16-1-4-18(47)5-2-16)42-25(11-20-21(49)9-19(48)10-22(20)66-42)69-45-41(63)38(60)35(57)28(72-45)15-65-31(53)12-29(50)51/h1-11,26-28,33-41,43-47,49,54-63H,12-15H2,(H,50,51)/t26-,27-,28-,33-,34-,35-,36+,37+,38+,39-,40-,41-,43-,44-,45-/m1/s1. The SMILES string of the molecule is O=C(O)CC(=O)OC[C@H]1O[C@@H](Oc2cc3c(O)cc(=O)cc-3oc2-c2cc(O[C@@H]3O[C@H](CO)[C@@H](O)[C@H](O)[C@H]3O)c(O)c(O[C@@H]3O[C@H](COC(=O)C=Cc4ccc(O)cc4)[C@@H](O)[C@H](O)[C@H]3O)c2)[C@H](O)[C@@H](O)[C@@H]1O. The van der Waals surface area contributed by atoms with Crippen molar-refractivity contribution in [2.24, 2.45) is 0 Å². The summed E-state index contributed by atoms with van der Waals surface area (Å²) in [6.07, 6.45) is -28.1. The fourth-order valence-electron chi connectivity index (χ4n) is 7.51. The highest BCUT2D eigenvalue weighted by Crippen LogP contribution is 2.48. The number of fused-ring (bicyclic) bond motifs is 1. The topological polar surface area (TPSA) is 438 Å². The summed E-state index contributed by atoms with van der Waals surface area (Å²) in [6, 6.07) is 10.3. The Morgan fingerprint density at radius 3 is 1.62 bits per heavy atom. The first kappa shape index (κ1) is 53.1. The van der Waals surface area contributed by atoms with Gasteiger partial charge in [-0.15, -0.1) is 0 Å². The molecule has 2 aromatic carbocycles. The molecule has 3 fully saturated rings. The van der Waals surface area contributed by atoms with Gasteiger partial charge in [0.15, 0.2) is 28.4 Å². The zero-order chi connectivity index (χ0) is 52.3. The number of ether oxygens (including phenoxy) is 8. The number of phenolic OH excluding ortho intramolecular Hbond substituents is 3. The molecule has 0 aromatic heterocycles. The summed E-state index contributed by atoms with van der Waals surface area (Å²) in [4.78, 5) is 48.2. The van der Waals surface area contributed by atoms with Crippen molar-refractivity contribution in [3.8, 4) is 57.1 Å². The van der Waals surface area contributed by atoms with E-state index < -0.39 is 176 Å². The molecule has 72 heavy (non-hydrogen) atoms. The normalized spacial score (nSPS) is 30.7. The third kappa shape index (κ3) is 11.8. The quantitative estimate of drug-likeness (QED) is 0.0292. The second-order valence-corrected chi connectivity index (χ2v) is 16.5. The molecule has 5 aliphatic rings. The number of carboxylic acid groups (broad SMARTS) is 1.